The Hall–Kier alpha value is -3.44. The van der Waals surface area contributed by atoms with Gasteiger partial charge in [0.05, 0.1) is 26.2 Å². The Kier molecular flexibility index (Phi) is 7.20. The number of hydrogen-bond donors (Lipinski definition) is 2. The molecule has 43 heavy (non-hydrogen) atoms. The van der Waals surface area contributed by atoms with E-state index in [4.69, 9.17) is 49.2 Å². The number of rotatable bonds is 9. The molecule has 222 valence electrons. The van der Waals surface area contributed by atoms with Crippen molar-refractivity contribution in [1.82, 2.24) is 35.6 Å². The van der Waals surface area contributed by atoms with Gasteiger partial charge in [-0.05, 0) is 80.3 Å². The molecule has 0 amide bonds. The Morgan fingerprint density at radius 2 is 1.84 bits per heavy atom. The van der Waals surface area contributed by atoms with E-state index in [1.807, 2.05) is 22.9 Å². The molecule has 0 spiro atoms. The molecule has 2 aromatic carbocycles. The van der Waals surface area contributed by atoms with Crippen LogP contribution >= 0.6 is 34.8 Å². The third-order valence-electron chi connectivity index (χ3n) is 8.22. The summed E-state index contributed by atoms with van der Waals surface area (Å²) >= 11 is 19.7. The van der Waals surface area contributed by atoms with Crippen molar-refractivity contribution < 1.29 is 14.4 Å². The average Bonchev–Trinajstić information content (AvgIpc) is 3.33. The minimum atomic E-state index is -1.07. The van der Waals surface area contributed by atoms with Gasteiger partial charge in [-0.1, -0.05) is 52.1 Å². The zero-order chi connectivity index (χ0) is 29.9. The molecule has 0 aliphatic heterocycles. The largest absolute Gasteiger partial charge is 0.489 e. The highest BCUT2D eigenvalue weighted by molar-refractivity contribution is 6.39. The van der Waals surface area contributed by atoms with Gasteiger partial charge in [-0.15, -0.1) is 5.10 Å². The highest BCUT2D eigenvalue weighted by Crippen LogP contribution is 2.53. The molecule has 0 atom stereocenters. The SMILES string of the molecule is CC(C)n1nc(-c2nnn[nH]2)cc1C1CC(O)(c2ccc(OCc3c(-c4c(Cl)cccc4Cl)noc3C3CC3)cc2Cl)C1. The smallest absolute Gasteiger partial charge is 0.199 e. The molecule has 2 aliphatic carbocycles. The number of aromatic amines is 1. The van der Waals surface area contributed by atoms with Crippen molar-refractivity contribution in [3.05, 3.63) is 80.1 Å². The lowest BCUT2D eigenvalue weighted by atomic mass is 9.66. The van der Waals surface area contributed by atoms with E-state index in [1.54, 1.807) is 24.3 Å². The molecule has 0 unspecified atom stereocenters. The van der Waals surface area contributed by atoms with Gasteiger partial charge >= 0.3 is 0 Å². The van der Waals surface area contributed by atoms with Crippen molar-refractivity contribution in [2.24, 2.45) is 0 Å². The van der Waals surface area contributed by atoms with Gasteiger partial charge in [0.1, 0.15) is 29.5 Å². The minimum Gasteiger partial charge on any atom is -0.489 e. The van der Waals surface area contributed by atoms with Crippen LogP contribution in [-0.2, 0) is 12.2 Å². The molecule has 2 aliphatic rings. The maximum Gasteiger partial charge on any atom is 0.199 e. The first-order chi connectivity index (χ1) is 20.7. The predicted molar refractivity (Wildman–Crippen MR) is 161 cm³/mol. The molecular weight excluding hydrogens is 613 g/mol. The highest BCUT2D eigenvalue weighted by atomic mass is 35.5. The summed E-state index contributed by atoms with van der Waals surface area (Å²) in [5, 5.41) is 36.1. The molecule has 0 saturated heterocycles. The van der Waals surface area contributed by atoms with E-state index < -0.39 is 5.60 Å². The molecule has 0 radical (unpaired) electrons. The number of aliphatic hydroxyl groups is 1. The molecule has 2 N–H and O–H groups in total. The van der Waals surface area contributed by atoms with Crippen LogP contribution in [0.2, 0.25) is 15.1 Å². The van der Waals surface area contributed by atoms with Crippen LogP contribution in [0.25, 0.3) is 22.8 Å². The average molecular weight is 641 g/mol. The third-order valence-corrected chi connectivity index (χ3v) is 9.16. The molecule has 2 fully saturated rings. The van der Waals surface area contributed by atoms with Crippen molar-refractivity contribution >= 4 is 34.8 Å². The molecule has 5 aromatic rings. The molecule has 13 heteroatoms. The molecule has 2 saturated carbocycles. The summed E-state index contributed by atoms with van der Waals surface area (Å²) in [7, 11) is 0. The molecule has 7 rings (SSSR count). The fourth-order valence-corrected chi connectivity index (χ4v) is 6.78. The summed E-state index contributed by atoms with van der Waals surface area (Å²) in [6.45, 7) is 4.34. The molecular formula is C30H28Cl3N7O3. The monoisotopic (exact) mass is 639 g/mol. The molecule has 0 bridgehead atoms. The van der Waals surface area contributed by atoms with E-state index in [0.717, 1.165) is 29.9 Å². The van der Waals surface area contributed by atoms with Crippen LogP contribution in [0.5, 0.6) is 5.75 Å². The van der Waals surface area contributed by atoms with Crippen LogP contribution in [0, 0.1) is 0 Å². The van der Waals surface area contributed by atoms with E-state index in [0.29, 0.717) is 67.9 Å². The van der Waals surface area contributed by atoms with Crippen LogP contribution in [0.1, 0.15) is 80.0 Å². The quantitative estimate of drug-likeness (QED) is 0.170. The van der Waals surface area contributed by atoms with Gasteiger partial charge in [0, 0.05) is 34.7 Å². The first kappa shape index (κ1) is 28.3. The maximum absolute atomic E-state index is 11.6. The lowest BCUT2D eigenvalue weighted by Gasteiger charge is -2.44. The number of tetrazole rings is 1. The maximum atomic E-state index is 11.6. The second kappa shape index (κ2) is 10.9. The summed E-state index contributed by atoms with van der Waals surface area (Å²) in [6.07, 6.45) is 3.09. The normalized spacial score (nSPS) is 20.0. The van der Waals surface area contributed by atoms with Gasteiger partial charge in [0.15, 0.2) is 5.82 Å². The number of halogens is 3. The van der Waals surface area contributed by atoms with Gasteiger partial charge in [-0.2, -0.15) is 5.10 Å². The summed E-state index contributed by atoms with van der Waals surface area (Å²) in [4.78, 5) is 0. The van der Waals surface area contributed by atoms with E-state index in [-0.39, 0.29) is 18.6 Å². The van der Waals surface area contributed by atoms with Crippen molar-refractivity contribution in [1.29, 1.82) is 0 Å². The van der Waals surface area contributed by atoms with Crippen molar-refractivity contribution in [3.8, 4) is 28.5 Å². The van der Waals surface area contributed by atoms with Crippen LogP contribution in [0.3, 0.4) is 0 Å². The Morgan fingerprint density at radius 1 is 1.07 bits per heavy atom. The van der Waals surface area contributed by atoms with Crippen LogP contribution in [0.4, 0.5) is 0 Å². The second-order valence-corrected chi connectivity index (χ2v) is 12.8. The third kappa shape index (κ3) is 5.20. The number of benzene rings is 2. The zero-order valence-electron chi connectivity index (χ0n) is 23.4. The topological polar surface area (TPSA) is 128 Å². The van der Waals surface area contributed by atoms with Crippen molar-refractivity contribution in [2.75, 3.05) is 0 Å². The lowest BCUT2D eigenvalue weighted by Crippen LogP contribution is -2.41. The Balaban J connectivity index is 1.09. The predicted octanol–water partition coefficient (Wildman–Crippen LogP) is 7.48. The minimum absolute atomic E-state index is 0.0982. The first-order valence-electron chi connectivity index (χ1n) is 14.1. The fourth-order valence-electron chi connectivity index (χ4n) is 5.86. The summed E-state index contributed by atoms with van der Waals surface area (Å²) < 4.78 is 13.9. The Bertz CT molecular complexity index is 1770. The van der Waals surface area contributed by atoms with Crippen LogP contribution in [-0.4, -0.2) is 40.7 Å². The first-order valence-corrected chi connectivity index (χ1v) is 15.3. The van der Waals surface area contributed by atoms with Crippen LogP contribution < -0.4 is 4.74 Å². The van der Waals surface area contributed by atoms with Crippen molar-refractivity contribution in [2.45, 2.75) is 69.6 Å². The van der Waals surface area contributed by atoms with E-state index in [2.05, 4.69) is 39.6 Å². The summed E-state index contributed by atoms with van der Waals surface area (Å²) in [5.74, 6) is 2.28. The van der Waals surface area contributed by atoms with E-state index in [1.165, 1.54) is 0 Å². The molecule has 3 heterocycles. The second-order valence-electron chi connectivity index (χ2n) is 11.6. The number of ether oxygens (including phenoxy) is 1. The fraction of sp³-hybridized carbons (Fsp3) is 0.367. The number of H-pyrrole nitrogens is 1. The standard InChI is InChI=1S/C30H28Cl3N7O3/c1-15(2)40-25(11-24(36-40)29-34-38-39-35-29)17-12-30(41,13-17)20-9-8-18(10-23(20)33)42-14-19-27(37-43-28(19)16-6-7-16)26-21(31)4-3-5-22(26)32/h3-5,8-11,15-17,41H,6-7,12-14H2,1-2H3,(H,34,35,38,39). The van der Waals surface area contributed by atoms with Gasteiger partial charge in [-0.25, -0.2) is 5.10 Å². The van der Waals surface area contributed by atoms with E-state index in [9.17, 15) is 5.11 Å². The highest BCUT2D eigenvalue weighted by Gasteiger charge is 2.47. The van der Waals surface area contributed by atoms with Crippen molar-refractivity contribution in [3.63, 3.8) is 0 Å². The summed E-state index contributed by atoms with van der Waals surface area (Å²) in [5.41, 5.74) is 3.32. The number of aromatic nitrogens is 7. The van der Waals surface area contributed by atoms with E-state index >= 15 is 0 Å². The van der Waals surface area contributed by atoms with Crippen LogP contribution in [0.15, 0.2) is 47.0 Å². The number of nitrogens with zero attached hydrogens (tertiary/aromatic N) is 6. The number of nitrogens with one attached hydrogen (secondary N) is 1. The molecule has 3 aromatic heterocycles. The zero-order valence-corrected chi connectivity index (χ0v) is 25.7. The Labute approximate surface area is 262 Å². The molecule has 10 nitrogen and oxygen atoms in total. The summed E-state index contributed by atoms with van der Waals surface area (Å²) in [6, 6.07) is 12.9. The lowest BCUT2D eigenvalue weighted by molar-refractivity contribution is -0.0569. The van der Waals surface area contributed by atoms with Gasteiger partial charge in [0.2, 0.25) is 0 Å². The van der Waals surface area contributed by atoms with Gasteiger partial charge < -0.3 is 14.4 Å². The van der Waals surface area contributed by atoms with Gasteiger partial charge in [0.25, 0.3) is 0 Å². The Morgan fingerprint density at radius 3 is 2.49 bits per heavy atom. The van der Waals surface area contributed by atoms with Gasteiger partial charge in [-0.3, -0.25) is 4.68 Å². The number of hydrogen-bond acceptors (Lipinski definition) is 8.